The van der Waals surface area contributed by atoms with Crippen molar-refractivity contribution in [1.82, 2.24) is 5.32 Å². The summed E-state index contributed by atoms with van der Waals surface area (Å²) in [5, 5.41) is 3.66. The minimum atomic E-state index is 0.228. The van der Waals surface area contributed by atoms with Gasteiger partial charge in [0, 0.05) is 11.6 Å². The molecule has 1 N–H and O–H groups in total. The molecule has 0 aliphatic carbocycles. The monoisotopic (exact) mass is 261 g/mol. The van der Waals surface area contributed by atoms with Crippen molar-refractivity contribution in [3.8, 4) is 5.75 Å². The third-order valence-electron chi connectivity index (χ3n) is 4.38. The molecule has 1 unspecified atom stereocenters. The minimum absolute atomic E-state index is 0.228. The molecule has 0 spiro atoms. The molecule has 106 valence electrons. The molecule has 1 aromatic rings. The summed E-state index contributed by atoms with van der Waals surface area (Å²) >= 11 is 0. The lowest BCUT2D eigenvalue weighted by Gasteiger charge is -2.36. The van der Waals surface area contributed by atoms with E-state index in [0.29, 0.717) is 6.04 Å². The summed E-state index contributed by atoms with van der Waals surface area (Å²) in [7, 11) is 0. The van der Waals surface area contributed by atoms with Gasteiger partial charge in [0.05, 0.1) is 6.61 Å². The van der Waals surface area contributed by atoms with Gasteiger partial charge in [0.1, 0.15) is 5.75 Å². The van der Waals surface area contributed by atoms with E-state index in [0.717, 1.165) is 38.2 Å². The molecule has 2 heteroatoms. The Morgan fingerprint density at radius 2 is 2.11 bits per heavy atom. The van der Waals surface area contributed by atoms with Crippen LogP contribution < -0.4 is 10.1 Å². The van der Waals surface area contributed by atoms with Crippen molar-refractivity contribution in [3.05, 3.63) is 29.3 Å². The standard InChI is InChI=1S/C17H27NO/c1-5-17(3,4)16(18-6-2)14-11-7-9-13-10-8-12-19-15(13)14/h7,9,11,16,18H,5-6,8,10,12H2,1-4H3. The Balaban J connectivity index is 2.42. The number of rotatable bonds is 5. The Labute approximate surface area is 117 Å². The third-order valence-corrected chi connectivity index (χ3v) is 4.38. The van der Waals surface area contributed by atoms with Crippen molar-refractivity contribution in [3.63, 3.8) is 0 Å². The number of nitrogens with one attached hydrogen (secondary N) is 1. The highest BCUT2D eigenvalue weighted by molar-refractivity contribution is 5.45. The summed E-state index contributed by atoms with van der Waals surface area (Å²) in [6, 6.07) is 6.98. The lowest BCUT2D eigenvalue weighted by molar-refractivity contribution is 0.222. The predicted molar refractivity (Wildman–Crippen MR) is 80.7 cm³/mol. The lowest BCUT2D eigenvalue weighted by atomic mass is 9.77. The zero-order valence-corrected chi connectivity index (χ0v) is 12.8. The van der Waals surface area contributed by atoms with Crippen molar-refractivity contribution in [1.29, 1.82) is 0 Å². The maximum absolute atomic E-state index is 5.98. The van der Waals surface area contributed by atoms with E-state index in [9.17, 15) is 0 Å². The quantitative estimate of drug-likeness (QED) is 0.861. The van der Waals surface area contributed by atoms with Crippen molar-refractivity contribution in [2.24, 2.45) is 5.41 Å². The first-order chi connectivity index (χ1) is 9.10. The average Bonchev–Trinajstić information content (AvgIpc) is 2.44. The molecule has 1 aromatic carbocycles. The summed E-state index contributed by atoms with van der Waals surface area (Å²) in [5.74, 6) is 1.14. The number of ether oxygens (including phenoxy) is 1. The largest absolute Gasteiger partial charge is 0.493 e. The molecule has 0 saturated carbocycles. The van der Waals surface area contributed by atoms with Crippen molar-refractivity contribution < 1.29 is 4.74 Å². The normalized spacial score (nSPS) is 16.6. The molecule has 0 saturated heterocycles. The van der Waals surface area contributed by atoms with Gasteiger partial charge in [-0.15, -0.1) is 0 Å². The SMILES string of the molecule is CCNC(c1cccc2c1OCCC2)C(C)(C)CC. The zero-order chi connectivity index (χ0) is 13.9. The number of para-hydroxylation sites is 1. The van der Waals surface area contributed by atoms with Gasteiger partial charge in [-0.05, 0) is 36.8 Å². The van der Waals surface area contributed by atoms with Crippen molar-refractivity contribution in [2.75, 3.05) is 13.2 Å². The van der Waals surface area contributed by atoms with Crippen LogP contribution in [0.2, 0.25) is 0 Å². The molecule has 2 nitrogen and oxygen atoms in total. The molecule has 1 heterocycles. The van der Waals surface area contributed by atoms with Crippen LogP contribution in [0, 0.1) is 5.41 Å². The molecule has 1 atom stereocenters. The van der Waals surface area contributed by atoms with Crippen LogP contribution in [0.1, 0.15) is 57.7 Å². The maximum atomic E-state index is 5.98. The highest BCUT2D eigenvalue weighted by atomic mass is 16.5. The minimum Gasteiger partial charge on any atom is -0.493 e. The summed E-state index contributed by atoms with van der Waals surface area (Å²) < 4.78 is 5.98. The Morgan fingerprint density at radius 1 is 1.32 bits per heavy atom. The van der Waals surface area contributed by atoms with Crippen LogP contribution in [-0.4, -0.2) is 13.2 Å². The first-order valence-corrected chi connectivity index (χ1v) is 7.58. The van der Waals surface area contributed by atoms with Crippen LogP contribution in [0.5, 0.6) is 5.75 Å². The topological polar surface area (TPSA) is 21.3 Å². The van der Waals surface area contributed by atoms with Gasteiger partial charge in [-0.3, -0.25) is 0 Å². The van der Waals surface area contributed by atoms with Gasteiger partial charge in [0.2, 0.25) is 0 Å². The Morgan fingerprint density at radius 3 is 2.79 bits per heavy atom. The van der Waals surface area contributed by atoms with Crippen LogP contribution in [0.25, 0.3) is 0 Å². The number of hydrogen-bond donors (Lipinski definition) is 1. The molecular formula is C17H27NO. The number of hydrogen-bond acceptors (Lipinski definition) is 2. The summed E-state index contributed by atoms with van der Waals surface area (Å²) in [6.07, 6.45) is 3.43. The fourth-order valence-corrected chi connectivity index (χ4v) is 2.86. The molecule has 1 aliphatic heterocycles. The smallest absolute Gasteiger partial charge is 0.127 e. The van der Waals surface area contributed by atoms with Crippen molar-refractivity contribution >= 4 is 0 Å². The first kappa shape index (κ1) is 14.4. The van der Waals surface area contributed by atoms with Crippen LogP contribution in [0.3, 0.4) is 0 Å². The van der Waals surface area contributed by atoms with Gasteiger partial charge in [-0.25, -0.2) is 0 Å². The number of aryl methyl sites for hydroxylation is 1. The highest BCUT2D eigenvalue weighted by Gasteiger charge is 2.31. The number of fused-ring (bicyclic) bond motifs is 1. The molecule has 0 aromatic heterocycles. The van der Waals surface area contributed by atoms with E-state index in [1.165, 1.54) is 11.1 Å². The van der Waals surface area contributed by atoms with E-state index >= 15 is 0 Å². The summed E-state index contributed by atoms with van der Waals surface area (Å²) in [4.78, 5) is 0. The Bertz CT molecular complexity index is 425. The molecule has 0 bridgehead atoms. The highest BCUT2D eigenvalue weighted by Crippen LogP contribution is 2.42. The summed E-state index contributed by atoms with van der Waals surface area (Å²) in [6.45, 7) is 11.0. The first-order valence-electron chi connectivity index (χ1n) is 7.58. The number of benzene rings is 1. The predicted octanol–water partition coefficient (Wildman–Crippen LogP) is 4.10. The average molecular weight is 261 g/mol. The zero-order valence-electron chi connectivity index (χ0n) is 12.8. The molecular weight excluding hydrogens is 234 g/mol. The molecule has 0 amide bonds. The van der Waals surface area contributed by atoms with Gasteiger partial charge in [0.25, 0.3) is 0 Å². The fourth-order valence-electron chi connectivity index (χ4n) is 2.86. The van der Waals surface area contributed by atoms with E-state index < -0.39 is 0 Å². The van der Waals surface area contributed by atoms with E-state index in [1.807, 2.05) is 0 Å². The maximum Gasteiger partial charge on any atom is 0.127 e. The molecule has 2 rings (SSSR count). The summed E-state index contributed by atoms with van der Waals surface area (Å²) in [5.41, 5.74) is 2.94. The van der Waals surface area contributed by atoms with E-state index in [-0.39, 0.29) is 5.41 Å². The molecule has 0 fully saturated rings. The Kier molecular flexibility index (Phi) is 4.51. The second-order valence-corrected chi connectivity index (χ2v) is 6.12. The van der Waals surface area contributed by atoms with Gasteiger partial charge >= 0.3 is 0 Å². The third kappa shape index (κ3) is 2.94. The van der Waals surface area contributed by atoms with Gasteiger partial charge in [-0.2, -0.15) is 0 Å². The van der Waals surface area contributed by atoms with Gasteiger partial charge in [0.15, 0.2) is 0 Å². The van der Waals surface area contributed by atoms with Crippen LogP contribution in [-0.2, 0) is 6.42 Å². The molecule has 1 aliphatic rings. The van der Waals surface area contributed by atoms with Crippen LogP contribution in [0.15, 0.2) is 18.2 Å². The van der Waals surface area contributed by atoms with E-state index in [1.54, 1.807) is 0 Å². The molecule has 19 heavy (non-hydrogen) atoms. The van der Waals surface area contributed by atoms with E-state index in [2.05, 4.69) is 51.2 Å². The second-order valence-electron chi connectivity index (χ2n) is 6.12. The lowest BCUT2D eigenvalue weighted by Crippen LogP contribution is -2.34. The van der Waals surface area contributed by atoms with Crippen molar-refractivity contribution in [2.45, 2.75) is 53.0 Å². The van der Waals surface area contributed by atoms with Gasteiger partial charge < -0.3 is 10.1 Å². The molecule has 0 radical (unpaired) electrons. The van der Waals surface area contributed by atoms with Crippen LogP contribution in [0.4, 0.5) is 0 Å². The van der Waals surface area contributed by atoms with Gasteiger partial charge in [-0.1, -0.05) is 45.9 Å². The van der Waals surface area contributed by atoms with Crippen LogP contribution >= 0.6 is 0 Å². The Hall–Kier alpha value is -1.02. The second kappa shape index (κ2) is 5.96. The van der Waals surface area contributed by atoms with E-state index in [4.69, 9.17) is 4.74 Å². The fraction of sp³-hybridized carbons (Fsp3) is 0.647.